The van der Waals surface area contributed by atoms with Gasteiger partial charge in [0.1, 0.15) is 5.76 Å². The van der Waals surface area contributed by atoms with Crippen LogP contribution in [0.15, 0.2) is 90.0 Å². The van der Waals surface area contributed by atoms with Crippen LogP contribution in [0.4, 0.5) is 13.2 Å². The quantitative estimate of drug-likeness (QED) is 0.229. The Morgan fingerprint density at radius 3 is 2.53 bits per heavy atom. The molecule has 2 aromatic rings. The summed E-state index contributed by atoms with van der Waals surface area (Å²) < 4.78 is 50.9. The van der Waals surface area contributed by atoms with E-state index in [9.17, 15) is 23.1 Å². The first-order valence-corrected chi connectivity index (χ1v) is 15.4. The number of piperidine rings is 1. The van der Waals surface area contributed by atoms with Crippen molar-refractivity contribution >= 4 is 11.7 Å². The number of halogens is 3. The minimum absolute atomic E-state index is 0.0674. The lowest BCUT2D eigenvalue weighted by molar-refractivity contribution is -0.946. The summed E-state index contributed by atoms with van der Waals surface area (Å²) >= 11 is 0. The largest absolute Gasteiger partial charge is 0.506 e. The number of nitrogens with zero attached hydrogens (tertiary/aromatic N) is 1. The molecule has 3 aliphatic carbocycles. The van der Waals surface area contributed by atoms with Crippen LogP contribution in [0.2, 0.25) is 0 Å². The Kier molecular flexibility index (Phi) is 6.67. The molecule has 2 saturated carbocycles. The van der Waals surface area contributed by atoms with Gasteiger partial charge in [-0.2, -0.15) is 13.2 Å². The molecule has 5 nitrogen and oxygen atoms in total. The van der Waals surface area contributed by atoms with Gasteiger partial charge in [-0.3, -0.25) is 4.79 Å². The highest BCUT2D eigenvalue weighted by molar-refractivity contribution is 6.01. The van der Waals surface area contributed by atoms with E-state index in [1.165, 1.54) is 29.8 Å². The monoisotopic (exact) mass is 591 g/mol. The van der Waals surface area contributed by atoms with Gasteiger partial charge in [-0.1, -0.05) is 84.8 Å². The number of nitrogens with one attached hydrogen (secondary N) is 1. The SMILES string of the molecule is C[N+]1(CCc2ccccc2)CC[C@]23C4C5=CC=CC4(NC(=O)C(=C(O)c4ccccc4)C(F)(F)F)O[C@H]2CCC[C@H]3[C@H]1C5. The Hall–Kier alpha value is -3.36. The summed E-state index contributed by atoms with van der Waals surface area (Å²) in [7, 11) is 2.38. The molecule has 7 rings (SSSR count). The molecule has 1 amide bonds. The Morgan fingerprint density at radius 1 is 1.09 bits per heavy atom. The number of amides is 1. The maximum Gasteiger partial charge on any atom is 0.425 e. The standard InChI is InChI=1S/C35H37F3N2O3/c1-40(20-17-23-10-4-2-5-11-23)21-19-33-26-15-8-16-28(33)43-34(18-9-14-25(31(33)34)22-27(26)40)39-32(42)29(35(36,37)38)30(41)24-12-6-3-7-13-24/h2-7,9-14,18,26-28,31H,8,15-17,19-22H2,1H3,(H-,39,41,42)/p+1/t26-,27+,28-,31?,33+,34?,40?/m0/s1. The van der Waals surface area contributed by atoms with Gasteiger partial charge in [-0.15, -0.1) is 0 Å². The molecule has 8 heteroatoms. The van der Waals surface area contributed by atoms with Gasteiger partial charge in [0.05, 0.1) is 32.3 Å². The van der Waals surface area contributed by atoms with E-state index in [0.717, 1.165) is 61.7 Å². The third kappa shape index (κ3) is 4.40. The van der Waals surface area contributed by atoms with Crippen molar-refractivity contribution in [2.75, 3.05) is 20.1 Å². The maximum absolute atomic E-state index is 14.4. The second-order valence-corrected chi connectivity index (χ2v) is 13.3. The fraction of sp³-hybridized carbons (Fsp3) is 0.457. The number of alkyl halides is 3. The summed E-state index contributed by atoms with van der Waals surface area (Å²) in [6.07, 6.45) is 6.06. The number of ether oxygens (including phenoxy) is 1. The third-order valence-corrected chi connectivity index (χ3v) is 11.2. The zero-order valence-corrected chi connectivity index (χ0v) is 24.3. The Balaban J connectivity index is 1.23. The van der Waals surface area contributed by atoms with E-state index < -0.39 is 29.1 Å². The number of benzene rings is 2. The Labute approximate surface area is 250 Å². The molecule has 1 spiro atoms. The molecule has 0 aromatic heterocycles. The lowest BCUT2D eigenvalue weighted by atomic mass is 9.46. The highest BCUT2D eigenvalue weighted by Gasteiger charge is 2.74. The van der Waals surface area contributed by atoms with Crippen molar-refractivity contribution in [3.05, 3.63) is 101 Å². The van der Waals surface area contributed by atoms with E-state index in [1.807, 2.05) is 12.1 Å². The molecule has 2 heterocycles. The van der Waals surface area contributed by atoms with Crippen LogP contribution in [0.3, 0.4) is 0 Å². The third-order valence-electron chi connectivity index (χ3n) is 11.2. The van der Waals surface area contributed by atoms with Crippen molar-refractivity contribution in [1.29, 1.82) is 0 Å². The van der Waals surface area contributed by atoms with Gasteiger partial charge < -0.3 is 19.6 Å². The van der Waals surface area contributed by atoms with Crippen LogP contribution in [-0.4, -0.2) is 59.7 Å². The number of carbonyl (C=O) groups is 1. The van der Waals surface area contributed by atoms with Crippen LogP contribution >= 0.6 is 0 Å². The second kappa shape index (κ2) is 10.1. The maximum atomic E-state index is 14.4. The topological polar surface area (TPSA) is 58.6 Å². The van der Waals surface area contributed by atoms with Gasteiger partial charge in [0, 0.05) is 42.1 Å². The lowest BCUT2D eigenvalue weighted by Gasteiger charge is -2.64. The number of likely N-dealkylation sites (N-methyl/N-ethyl adjacent to an activating group) is 1. The average Bonchev–Trinajstić information content (AvgIpc) is 3.28. The van der Waals surface area contributed by atoms with Crippen LogP contribution in [0.5, 0.6) is 0 Å². The highest BCUT2D eigenvalue weighted by Crippen LogP contribution is 2.69. The molecule has 2 aromatic carbocycles. The van der Waals surface area contributed by atoms with Gasteiger partial charge in [0.25, 0.3) is 5.91 Å². The van der Waals surface area contributed by atoms with Crippen LogP contribution in [0.25, 0.3) is 5.76 Å². The van der Waals surface area contributed by atoms with E-state index in [-0.39, 0.29) is 23.0 Å². The van der Waals surface area contributed by atoms with Gasteiger partial charge in [-0.25, -0.2) is 0 Å². The molecule has 43 heavy (non-hydrogen) atoms. The van der Waals surface area contributed by atoms with Crippen molar-refractivity contribution in [3.63, 3.8) is 0 Å². The Bertz CT molecular complexity index is 1500. The summed E-state index contributed by atoms with van der Waals surface area (Å²) in [5.41, 5.74) is -0.830. The molecule has 3 unspecified atom stereocenters. The predicted molar refractivity (Wildman–Crippen MR) is 157 cm³/mol. The lowest BCUT2D eigenvalue weighted by Crippen LogP contribution is -2.71. The zero-order chi connectivity index (χ0) is 30.0. The number of hydrogen-bond donors (Lipinski definition) is 2. The summed E-state index contributed by atoms with van der Waals surface area (Å²) in [4.78, 5) is 13.6. The normalized spacial score (nSPS) is 36.3. The summed E-state index contributed by atoms with van der Waals surface area (Å²) in [5, 5.41) is 13.4. The minimum Gasteiger partial charge on any atom is -0.506 e. The van der Waals surface area contributed by atoms with Crippen LogP contribution in [-0.2, 0) is 16.0 Å². The molecule has 2 saturated heterocycles. The van der Waals surface area contributed by atoms with Gasteiger partial charge in [0.15, 0.2) is 11.3 Å². The fourth-order valence-electron chi connectivity index (χ4n) is 9.42. The number of hydrogen-bond acceptors (Lipinski definition) is 3. The Morgan fingerprint density at radius 2 is 1.81 bits per heavy atom. The molecule has 2 bridgehead atoms. The molecule has 5 aliphatic rings. The van der Waals surface area contributed by atoms with Crippen LogP contribution < -0.4 is 5.32 Å². The number of aliphatic hydroxyl groups excluding tert-OH is 1. The summed E-state index contributed by atoms with van der Waals surface area (Å²) in [6, 6.07) is 18.3. The molecule has 7 atom stereocenters. The first-order chi connectivity index (χ1) is 20.6. The van der Waals surface area contributed by atoms with E-state index in [4.69, 9.17) is 4.74 Å². The second-order valence-electron chi connectivity index (χ2n) is 13.3. The van der Waals surface area contributed by atoms with Crippen LogP contribution in [0.1, 0.15) is 43.2 Å². The number of rotatable bonds is 6. The molecule has 2 aliphatic heterocycles. The van der Waals surface area contributed by atoms with E-state index in [2.05, 4.69) is 42.7 Å². The molecule has 0 radical (unpaired) electrons. The average molecular weight is 592 g/mol. The van der Waals surface area contributed by atoms with E-state index in [1.54, 1.807) is 12.1 Å². The van der Waals surface area contributed by atoms with Gasteiger partial charge in [0.2, 0.25) is 0 Å². The fourth-order valence-corrected chi connectivity index (χ4v) is 9.42. The molecule has 4 fully saturated rings. The van der Waals surface area contributed by atoms with Crippen molar-refractivity contribution in [3.8, 4) is 0 Å². The molecular formula is C35H38F3N2O3+. The zero-order valence-electron chi connectivity index (χ0n) is 24.3. The van der Waals surface area contributed by atoms with E-state index >= 15 is 0 Å². The molecular weight excluding hydrogens is 553 g/mol. The first kappa shape index (κ1) is 28.4. The van der Waals surface area contributed by atoms with E-state index in [0.29, 0.717) is 12.0 Å². The molecule has 226 valence electrons. The number of quaternary nitrogens is 1. The summed E-state index contributed by atoms with van der Waals surface area (Å²) in [5.74, 6) is -2.34. The smallest absolute Gasteiger partial charge is 0.425 e. The highest BCUT2D eigenvalue weighted by atomic mass is 19.4. The number of aliphatic hydroxyl groups is 1. The van der Waals surface area contributed by atoms with Crippen molar-refractivity contribution in [2.24, 2.45) is 17.3 Å². The van der Waals surface area contributed by atoms with Crippen molar-refractivity contribution < 1.29 is 32.3 Å². The number of allylic oxidation sites excluding steroid dienone is 2. The minimum atomic E-state index is -5.07. The van der Waals surface area contributed by atoms with Crippen molar-refractivity contribution in [1.82, 2.24) is 5.32 Å². The first-order valence-electron chi connectivity index (χ1n) is 15.4. The predicted octanol–water partition coefficient (Wildman–Crippen LogP) is 6.49. The van der Waals surface area contributed by atoms with Gasteiger partial charge in [-0.05, 0) is 24.5 Å². The summed E-state index contributed by atoms with van der Waals surface area (Å²) in [6.45, 7) is 1.99. The molecule has 2 N–H and O–H groups in total. The van der Waals surface area contributed by atoms with Crippen molar-refractivity contribution in [2.45, 2.75) is 62.6 Å². The number of carbonyl (C=O) groups excluding carboxylic acids is 1. The van der Waals surface area contributed by atoms with Crippen LogP contribution in [0, 0.1) is 17.3 Å². The van der Waals surface area contributed by atoms with Gasteiger partial charge >= 0.3 is 6.18 Å². The number of likely N-dealkylation sites (tertiary alicyclic amines) is 1.